The Labute approximate surface area is 193 Å². The van der Waals surface area contributed by atoms with Crippen LogP contribution in [0.1, 0.15) is 5.56 Å². The fraction of sp³-hybridized carbons (Fsp3) is 0.190. The predicted octanol–water partition coefficient (Wildman–Crippen LogP) is 3.12. The lowest BCUT2D eigenvalue weighted by molar-refractivity contribution is 0.253. The number of carbonyl (C=O) groups is 1. The number of rotatable bonds is 6. The molecule has 2 aromatic heterocycles. The van der Waals surface area contributed by atoms with Gasteiger partial charge >= 0.3 is 6.03 Å². The largest absolute Gasteiger partial charge is 0.497 e. The molecule has 0 unspecified atom stereocenters. The molecule has 4 rings (SSSR count). The molecule has 0 N–H and O–H groups in total. The zero-order valence-corrected chi connectivity index (χ0v) is 19.0. The van der Waals surface area contributed by atoms with Crippen molar-refractivity contribution < 1.29 is 36.2 Å². The summed E-state index contributed by atoms with van der Waals surface area (Å²) in [5.74, 6) is -2.32. The van der Waals surface area contributed by atoms with Gasteiger partial charge in [-0.3, -0.25) is 4.90 Å². The van der Waals surface area contributed by atoms with Gasteiger partial charge in [0.1, 0.15) is 22.3 Å². The van der Waals surface area contributed by atoms with Crippen molar-refractivity contribution in [1.82, 2.24) is 9.97 Å². The van der Waals surface area contributed by atoms with Gasteiger partial charge in [0.15, 0.2) is 5.82 Å². The number of nitrogens with zero attached hydrogens (tertiary/aromatic N) is 4. The second kappa shape index (κ2) is 8.74. The Morgan fingerprint density at radius 1 is 0.971 bits per heavy atom. The third kappa shape index (κ3) is 3.83. The summed E-state index contributed by atoms with van der Waals surface area (Å²) in [6, 6.07) is 5.83. The first kappa shape index (κ1) is 23.2. The Hall–Kier alpha value is -4.00. The molecule has 0 saturated carbocycles. The van der Waals surface area contributed by atoms with Crippen LogP contribution in [0.4, 0.5) is 25.1 Å². The zero-order valence-electron chi connectivity index (χ0n) is 18.2. The van der Waals surface area contributed by atoms with Crippen LogP contribution in [-0.4, -0.2) is 45.7 Å². The number of hydrogen-bond acceptors (Lipinski definition) is 8. The molecule has 1 aliphatic heterocycles. The number of halogens is 2. The molecule has 0 aliphatic carbocycles. The molecule has 0 fully saturated rings. The highest BCUT2D eigenvalue weighted by Crippen LogP contribution is 2.38. The molecule has 34 heavy (non-hydrogen) atoms. The number of ether oxygens (including phenoxy) is 3. The number of urea groups is 1. The van der Waals surface area contributed by atoms with Gasteiger partial charge in [0.25, 0.3) is 10.0 Å². The Bertz CT molecular complexity index is 1340. The average molecular weight is 492 g/mol. The quantitative estimate of drug-likeness (QED) is 0.516. The smallest absolute Gasteiger partial charge is 0.344 e. The Balaban J connectivity index is 1.89. The number of hydrogen-bond donors (Lipinski definition) is 0. The molecule has 1 aliphatic rings. The van der Waals surface area contributed by atoms with Gasteiger partial charge in [0.2, 0.25) is 11.8 Å². The Morgan fingerprint density at radius 3 is 2.15 bits per heavy atom. The molecule has 13 heteroatoms. The number of aromatic nitrogens is 2. The molecule has 3 heterocycles. The second-order valence-corrected chi connectivity index (χ2v) is 8.70. The summed E-state index contributed by atoms with van der Waals surface area (Å²) in [6.07, 6.45) is 1.27. The topological polar surface area (TPSA) is 111 Å². The number of sulfonamides is 1. The van der Waals surface area contributed by atoms with Gasteiger partial charge < -0.3 is 14.2 Å². The summed E-state index contributed by atoms with van der Waals surface area (Å²) in [5.41, 5.74) is -0.626. The van der Waals surface area contributed by atoms with E-state index >= 15 is 0 Å². The summed E-state index contributed by atoms with van der Waals surface area (Å²) in [6.45, 7) is -0.643. The Morgan fingerprint density at radius 2 is 1.59 bits per heavy atom. The van der Waals surface area contributed by atoms with Crippen LogP contribution < -0.4 is 23.4 Å². The minimum atomic E-state index is -4.46. The van der Waals surface area contributed by atoms with E-state index in [4.69, 9.17) is 14.2 Å². The summed E-state index contributed by atoms with van der Waals surface area (Å²) in [5, 5.41) is 0. The van der Waals surface area contributed by atoms with Crippen molar-refractivity contribution in [2.75, 3.05) is 30.5 Å². The fourth-order valence-electron chi connectivity index (χ4n) is 3.38. The summed E-state index contributed by atoms with van der Waals surface area (Å²) >= 11 is 0. The van der Waals surface area contributed by atoms with Gasteiger partial charge in [-0.05, 0) is 12.1 Å². The maximum atomic E-state index is 14.7. The second-order valence-electron chi connectivity index (χ2n) is 6.94. The molecule has 178 valence electrons. The number of amides is 2. The first-order valence-electron chi connectivity index (χ1n) is 9.65. The minimum absolute atomic E-state index is 0.0203. The molecular formula is C21H18F2N4O6S. The maximum Gasteiger partial charge on any atom is 0.344 e. The normalized spacial score (nSPS) is 14.6. The summed E-state index contributed by atoms with van der Waals surface area (Å²) in [7, 11) is -0.597. The molecular weight excluding hydrogens is 474 g/mol. The first-order chi connectivity index (χ1) is 16.2. The molecule has 0 radical (unpaired) electrons. The van der Waals surface area contributed by atoms with Crippen molar-refractivity contribution in [1.29, 1.82) is 0 Å². The van der Waals surface area contributed by atoms with E-state index in [1.165, 1.54) is 51.8 Å². The Kier molecular flexibility index (Phi) is 5.96. The molecule has 1 aromatic carbocycles. The molecule has 0 atom stereocenters. The fourth-order valence-corrected chi connectivity index (χ4v) is 4.91. The van der Waals surface area contributed by atoms with Gasteiger partial charge in [-0.2, -0.15) is 9.29 Å². The number of anilines is 2. The lowest BCUT2D eigenvalue weighted by Crippen LogP contribution is -2.51. The van der Waals surface area contributed by atoms with Crippen LogP contribution >= 0.6 is 0 Å². The zero-order chi connectivity index (χ0) is 24.6. The number of pyridine rings is 2. The highest BCUT2D eigenvalue weighted by Gasteiger charge is 2.44. The van der Waals surface area contributed by atoms with Gasteiger partial charge in [-0.25, -0.2) is 27.0 Å². The monoisotopic (exact) mass is 492 g/mol. The highest BCUT2D eigenvalue weighted by molar-refractivity contribution is 7.94. The maximum absolute atomic E-state index is 14.7. The van der Waals surface area contributed by atoms with Gasteiger partial charge in [0, 0.05) is 36.0 Å². The van der Waals surface area contributed by atoms with Crippen LogP contribution in [0, 0.1) is 11.6 Å². The van der Waals surface area contributed by atoms with E-state index < -0.39 is 39.8 Å². The average Bonchev–Trinajstić information content (AvgIpc) is 2.82. The SMILES string of the molecule is COc1cc(F)c(CN2C(=O)N(c3cc(OC)nc(OC)c3)S(=O)(=O)c3cccnc32)c(F)c1. The van der Waals surface area contributed by atoms with Crippen LogP contribution in [0.3, 0.4) is 0 Å². The highest BCUT2D eigenvalue weighted by atomic mass is 32.2. The van der Waals surface area contributed by atoms with Crippen molar-refractivity contribution in [3.63, 3.8) is 0 Å². The molecule has 0 bridgehead atoms. The summed E-state index contributed by atoms with van der Waals surface area (Å²) < 4.78 is 71.6. The van der Waals surface area contributed by atoms with Crippen molar-refractivity contribution in [2.24, 2.45) is 0 Å². The van der Waals surface area contributed by atoms with E-state index in [1.54, 1.807) is 0 Å². The van der Waals surface area contributed by atoms with E-state index in [0.717, 1.165) is 17.0 Å². The first-order valence-corrected chi connectivity index (χ1v) is 11.1. The standard InChI is InChI=1S/C21H18F2N4O6S/c1-31-13-9-15(22)14(16(23)10-13)11-26-20-17(5-4-6-24-20)34(29,30)27(21(26)28)12-7-18(32-2)25-19(8-12)33-3/h4-10H,11H2,1-3H3. The van der Waals surface area contributed by atoms with Crippen molar-refractivity contribution in [2.45, 2.75) is 11.4 Å². The van der Waals surface area contributed by atoms with Crippen LogP contribution in [0.5, 0.6) is 17.5 Å². The molecule has 10 nitrogen and oxygen atoms in total. The molecule has 0 saturated heterocycles. The van der Waals surface area contributed by atoms with Crippen LogP contribution in [-0.2, 0) is 16.6 Å². The van der Waals surface area contributed by atoms with E-state index in [0.29, 0.717) is 4.31 Å². The van der Waals surface area contributed by atoms with Gasteiger partial charge in [0.05, 0.1) is 33.6 Å². The lowest BCUT2D eigenvalue weighted by Gasteiger charge is -2.35. The molecule has 2 amide bonds. The number of methoxy groups -OCH3 is 3. The van der Waals surface area contributed by atoms with E-state index in [9.17, 15) is 22.0 Å². The predicted molar refractivity (Wildman–Crippen MR) is 116 cm³/mol. The third-order valence-electron chi connectivity index (χ3n) is 5.01. The van der Waals surface area contributed by atoms with Gasteiger partial charge in [-0.1, -0.05) is 0 Å². The third-order valence-corrected chi connectivity index (χ3v) is 6.73. The minimum Gasteiger partial charge on any atom is -0.497 e. The number of fused-ring (bicyclic) bond motifs is 1. The van der Waals surface area contributed by atoms with E-state index in [-0.39, 0.29) is 33.9 Å². The van der Waals surface area contributed by atoms with E-state index in [2.05, 4.69) is 9.97 Å². The number of carbonyl (C=O) groups excluding carboxylic acids is 1. The molecule has 0 spiro atoms. The summed E-state index contributed by atoms with van der Waals surface area (Å²) in [4.78, 5) is 22.0. The lowest BCUT2D eigenvalue weighted by atomic mass is 10.1. The van der Waals surface area contributed by atoms with Crippen LogP contribution in [0.2, 0.25) is 0 Å². The van der Waals surface area contributed by atoms with Crippen molar-refractivity contribution >= 4 is 27.6 Å². The number of benzene rings is 1. The van der Waals surface area contributed by atoms with Gasteiger partial charge in [-0.15, -0.1) is 0 Å². The van der Waals surface area contributed by atoms with Crippen LogP contribution in [0.15, 0.2) is 47.5 Å². The molecule has 3 aromatic rings. The van der Waals surface area contributed by atoms with E-state index in [1.807, 2.05) is 0 Å². The van der Waals surface area contributed by atoms with Crippen molar-refractivity contribution in [3.8, 4) is 17.5 Å². The van der Waals surface area contributed by atoms with Crippen LogP contribution in [0.25, 0.3) is 0 Å². The van der Waals surface area contributed by atoms with Crippen molar-refractivity contribution in [3.05, 3.63) is 59.8 Å².